The van der Waals surface area contributed by atoms with E-state index in [1.807, 2.05) is 23.0 Å². The third-order valence-corrected chi connectivity index (χ3v) is 3.96. The second kappa shape index (κ2) is 4.72. The van der Waals surface area contributed by atoms with Crippen molar-refractivity contribution in [1.82, 2.24) is 14.4 Å². The van der Waals surface area contributed by atoms with E-state index in [1.54, 1.807) is 0 Å². The van der Waals surface area contributed by atoms with Crippen LogP contribution in [0, 0.1) is 5.92 Å². The topological polar surface area (TPSA) is 45.5 Å². The van der Waals surface area contributed by atoms with Crippen molar-refractivity contribution < 1.29 is 0 Å². The molecule has 19 heavy (non-hydrogen) atoms. The SMILES string of the molecule is CCNc1cn2ccnc2c(N(C)C(C)C2CC2)n1. The highest BCUT2D eigenvalue weighted by atomic mass is 15.2. The van der Waals surface area contributed by atoms with Crippen LogP contribution in [0.25, 0.3) is 5.65 Å². The highest BCUT2D eigenvalue weighted by molar-refractivity contribution is 5.67. The molecule has 2 heterocycles. The molecule has 3 rings (SSSR count). The van der Waals surface area contributed by atoms with Crippen LogP contribution >= 0.6 is 0 Å². The summed E-state index contributed by atoms with van der Waals surface area (Å²) >= 11 is 0. The monoisotopic (exact) mass is 259 g/mol. The van der Waals surface area contributed by atoms with Crippen molar-refractivity contribution >= 4 is 17.3 Å². The molecule has 1 saturated carbocycles. The van der Waals surface area contributed by atoms with Crippen molar-refractivity contribution in [1.29, 1.82) is 0 Å². The molecule has 0 amide bonds. The Labute approximate surface area is 113 Å². The average molecular weight is 259 g/mol. The van der Waals surface area contributed by atoms with Crippen LogP contribution in [0.4, 0.5) is 11.6 Å². The molecule has 0 aromatic carbocycles. The summed E-state index contributed by atoms with van der Waals surface area (Å²) in [5, 5.41) is 3.28. The van der Waals surface area contributed by atoms with E-state index in [4.69, 9.17) is 4.98 Å². The van der Waals surface area contributed by atoms with E-state index in [1.165, 1.54) is 12.8 Å². The molecule has 1 N–H and O–H groups in total. The van der Waals surface area contributed by atoms with E-state index < -0.39 is 0 Å². The van der Waals surface area contributed by atoms with Crippen molar-refractivity contribution in [3.8, 4) is 0 Å². The smallest absolute Gasteiger partial charge is 0.180 e. The third kappa shape index (κ3) is 2.25. The zero-order valence-corrected chi connectivity index (χ0v) is 11.8. The summed E-state index contributed by atoms with van der Waals surface area (Å²) in [6.45, 7) is 5.23. The molecular weight excluding hydrogens is 238 g/mol. The van der Waals surface area contributed by atoms with Gasteiger partial charge in [-0.15, -0.1) is 0 Å². The van der Waals surface area contributed by atoms with Gasteiger partial charge in [0.05, 0.1) is 6.20 Å². The maximum Gasteiger partial charge on any atom is 0.180 e. The van der Waals surface area contributed by atoms with Crippen molar-refractivity contribution in [2.45, 2.75) is 32.7 Å². The fraction of sp³-hybridized carbons (Fsp3) is 0.571. The van der Waals surface area contributed by atoms with Gasteiger partial charge in [0.1, 0.15) is 5.82 Å². The van der Waals surface area contributed by atoms with E-state index in [2.05, 4.69) is 36.1 Å². The lowest BCUT2D eigenvalue weighted by Gasteiger charge is -2.26. The third-order valence-electron chi connectivity index (χ3n) is 3.96. The van der Waals surface area contributed by atoms with E-state index in [0.717, 1.165) is 29.7 Å². The predicted octanol–water partition coefficient (Wildman–Crippen LogP) is 2.40. The normalized spacial score (nSPS) is 16.6. The molecule has 1 fully saturated rings. The number of rotatable bonds is 5. The highest BCUT2D eigenvalue weighted by Gasteiger charge is 2.32. The van der Waals surface area contributed by atoms with Gasteiger partial charge in [0.15, 0.2) is 11.5 Å². The van der Waals surface area contributed by atoms with Crippen LogP contribution in [-0.4, -0.2) is 34.0 Å². The number of nitrogens with one attached hydrogen (secondary N) is 1. The molecule has 1 unspecified atom stereocenters. The lowest BCUT2D eigenvalue weighted by molar-refractivity contribution is 0.604. The summed E-state index contributed by atoms with van der Waals surface area (Å²) in [7, 11) is 2.12. The molecule has 1 aliphatic carbocycles. The summed E-state index contributed by atoms with van der Waals surface area (Å²) in [5.74, 6) is 2.67. The number of anilines is 2. The van der Waals surface area contributed by atoms with Crippen LogP contribution in [0.1, 0.15) is 26.7 Å². The minimum atomic E-state index is 0.518. The number of imidazole rings is 1. The largest absolute Gasteiger partial charge is 0.369 e. The van der Waals surface area contributed by atoms with Gasteiger partial charge >= 0.3 is 0 Å². The van der Waals surface area contributed by atoms with Crippen LogP contribution in [0.2, 0.25) is 0 Å². The quantitative estimate of drug-likeness (QED) is 0.895. The van der Waals surface area contributed by atoms with Gasteiger partial charge in [-0.05, 0) is 32.6 Å². The van der Waals surface area contributed by atoms with Crippen LogP contribution in [0.15, 0.2) is 18.6 Å². The summed E-state index contributed by atoms with van der Waals surface area (Å²) in [4.78, 5) is 11.4. The zero-order valence-electron chi connectivity index (χ0n) is 11.8. The second-order valence-corrected chi connectivity index (χ2v) is 5.33. The summed E-state index contributed by atoms with van der Waals surface area (Å²) in [6.07, 6.45) is 8.46. The van der Waals surface area contributed by atoms with Gasteiger partial charge in [-0.25, -0.2) is 9.97 Å². The first-order valence-corrected chi connectivity index (χ1v) is 7.01. The Kier molecular flexibility index (Phi) is 3.05. The predicted molar refractivity (Wildman–Crippen MR) is 77.7 cm³/mol. The Morgan fingerprint density at radius 2 is 2.32 bits per heavy atom. The highest BCUT2D eigenvalue weighted by Crippen LogP contribution is 2.36. The molecule has 2 aromatic heterocycles. The fourth-order valence-electron chi connectivity index (χ4n) is 2.51. The number of fused-ring (bicyclic) bond motifs is 1. The van der Waals surface area contributed by atoms with Gasteiger partial charge in [-0.2, -0.15) is 0 Å². The summed E-state index contributed by atoms with van der Waals surface area (Å²) < 4.78 is 2.04. The summed E-state index contributed by atoms with van der Waals surface area (Å²) in [5.41, 5.74) is 0.927. The molecule has 102 valence electrons. The van der Waals surface area contributed by atoms with Gasteiger partial charge in [0, 0.05) is 32.0 Å². The van der Waals surface area contributed by atoms with Crippen molar-refractivity contribution in [3.63, 3.8) is 0 Å². The minimum Gasteiger partial charge on any atom is -0.369 e. The molecular formula is C14H21N5. The Morgan fingerprint density at radius 3 is 3.00 bits per heavy atom. The van der Waals surface area contributed by atoms with Crippen molar-refractivity contribution in [2.75, 3.05) is 23.8 Å². The molecule has 5 heteroatoms. The lowest BCUT2D eigenvalue weighted by atomic mass is 10.2. The van der Waals surface area contributed by atoms with E-state index in [9.17, 15) is 0 Å². The fourth-order valence-corrected chi connectivity index (χ4v) is 2.51. The molecule has 1 atom stereocenters. The molecule has 0 radical (unpaired) electrons. The van der Waals surface area contributed by atoms with Gasteiger partial charge in [-0.3, -0.25) is 0 Å². The van der Waals surface area contributed by atoms with Gasteiger partial charge in [0.2, 0.25) is 0 Å². The Bertz CT molecular complexity index is 572. The van der Waals surface area contributed by atoms with Crippen LogP contribution in [0.3, 0.4) is 0 Å². The second-order valence-electron chi connectivity index (χ2n) is 5.33. The van der Waals surface area contributed by atoms with E-state index >= 15 is 0 Å². The molecule has 0 aliphatic heterocycles. The Hall–Kier alpha value is -1.78. The van der Waals surface area contributed by atoms with Gasteiger partial charge in [-0.1, -0.05) is 0 Å². The molecule has 0 spiro atoms. The first kappa shape index (κ1) is 12.3. The number of hydrogen-bond acceptors (Lipinski definition) is 4. The molecule has 1 aliphatic rings. The molecule has 0 saturated heterocycles. The minimum absolute atomic E-state index is 0.518. The van der Waals surface area contributed by atoms with Gasteiger partial charge in [0.25, 0.3) is 0 Å². The molecule has 5 nitrogen and oxygen atoms in total. The Morgan fingerprint density at radius 1 is 1.53 bits per heavy atom. The number of nitrogens with zero attached hydrogens (tertiary/aromatic N) is 4. The molecule has 2 aromatic rings. The first-order valence-electron chi connectivity index (χ1n) is 7.01. The van der Waals surface area contributed by atoms with Crippen molar-refractivity contribution in [2.24, 2.45) is 5.92 Å². The first-order chi connectivity index (χ1) is 9.20. The van der Waals surface area contributed by atoms with Gasteiger partial charge < -0.3 is 14.6 Å². The standard InChI is InChI=1S/C14H21N5/c1-4-15-12-9-19-8-7-16-13(19)14(17-12)18(3)10(2)11-5-6-11/h7-11,15H,4-6H2,1-3H3. The van der Waals surface area contributed by atoms with Crippen LogP contribution < -0.4 is 10.2 Å². The number of hydrogen-bond donors (Lipinski definition) is 1. The van der Waals surface area contributed by atoms with E-state index in [-0.39, 0.29) is 0 Å². The average Bonchev–Trinajstić information content (AvgIpc) is 3.15. The Balaban J connectivity index is 2.01. The maximum atomic E-state index is 4.73. The van der Waals surface area contributed by atoms with Crippen molar-refractivity contribution in [3.05, 3.63) is 18.6 Å². The zero-order chi connectivity index (χ0) is 13.4. The lowest BCUT2D eigenvalue weighted by Crippen LogP contribution is -2.32. The van der Waals surface area contributed by atoms with Crippen LogP contribution in [-0.2, 0) is 0 Å². The summed E-state index contributed by atoms with van der Waals surface area (Å²) in [6, 6.07) is 0.518. The van der Waals surface area contributed by atoms with E-state index in [0.29, 0.717) is 6.04 Å². The van der Waals surface area contributed by atoms with Crippen LogP contribution in [0.5, 0.6) is 0 Å². The molecule has 0 bridgehead atoms. The number of aromatic nitrogens is 3. The maximum absolute atomic E-state index is 4.73.